The molecule has 1 fully saturated rings. The highest BCUT2D eigenvalue weighted by Gasteiger charge is 2.29. The maximum absolute atomic E-state index is 13.5. The highest BCUT2D eigenvalue weighted by molar-refractivity contribution is 5.95. The molecule has 1 saturated heterocycles. The first-order valence-electron chi connectivity index (χ1n) is 10.4. The van der Waals surface area contributed by atoms with Crippen LogP contribution in [0.25, 0.3) is 0 Å². The Morgan fingerprint density at radius 1 is 1.24 bits per heavy atom. The van der Waals surface area contributed by atoms with E-state index in [1.807, 2.05) is 29.2 Å². The Balaban J connectivity index is 1.80. The number of methoxy groups -OCH3 is 1. The van der Waals surface area contributed by atoms with Gasteiger partial charge in [0.2, 0.25) is 0 Å². The number of nitrogens with zero attached hydrogens (tertiary/aromatic N) is 2. The van der Waals surface area contributed by atoms with E-state index in [2.05, 4.69) is 18.9 Å². The molecule has 0 aliphatic carbocycles. The first-order valence-corrected chi connectivity index (χ1v) is 10.4. The van der Waals surface area contributed by atoms with Gasteiger partial charge in [-0.05, 0) is 69.7 Å². The minimum atomic E-state index is -0.00522. The van der Waals surface area contributed by atoms with Gasteiger partial charge in [0.15, 0.2) is 11.5 Å². The SMILES string of the molecule is CCCCOc1ccc(C(=O)N(Cc2ccco2)C2CCN(C)CC2)cc1OC. The van der Waals surface area contributed by atoms with E-state index < -0.39 is 0 Å². The maximum atomic E-state index is 13.5. The van der Waals surface area contributed by atoms with Crippen molar-refractivity contribution in [1.29, 1.82) is 0 Å². The van der Waals surface area contributed by atoms with Gasteiger partial charge in [0.1, 0.15) is 5.76 Å². The van der Waals surface area contributed by atoms with E-state index in [1.165, 1.54) is 0 Å². The van der Waals surface area contributed by atoms with Crippen molar-refractivity contribution >= 4 is 5.91 Å². The minimum absolute atomic E-state index is 0.00522. The quantitative estimate of drug-likeness (QED) is 0.591. The third-order valence-electron chi connectivity index (χ3n) is 5.46. The van der Waals surface area contributed by atoms with Crippen LogP contribution < -0.4 is 9.47 Å². The topological polar surface area (TPSA) is 55.2 Å². The van der Waals surface area contributed by atoms with Gasteiger partial charge in [0.25, 0.3) is 5.91 Å². The molecule has 0 saturated carbocycles. The number of benzene rings is 1. The van der Waals surface area contributed by atoms with Gasteiger partial charge in [-0.1, -0.05) is 13.3 Å². The van der Waals surface area contributed by atoms with Gasteiger partial charge in [0, 0.05) is 11.6 Å². The Bertz CT molecular complexity index is 767. The molecule has 0 atom stereocenters. The van der Waals surface area contributed by atoms with Crippen LogP contribution in [0.1, 0.15) is 48.7 Å². The Morgan fingerprint density at radius 2 is 2.03 bits per heavy atom. The zero-order valence-corrected chi connectivity index (χ0v) is 17.7. The fraction of sp³-hybridized carbons (Fsp3) is 0.522. The van der Waals surface area contributed by atoms with Crippen molar-refractivity contribution in [3.63, 3.8) is 0 Å². The number of likely N-dealkylation sites (tertiary alicyclic amines) is 1. The number of ether oxygens (including phenoxy) is 2. The van der Waals surface area contributed by atoms with E-state index in [-0.39, 0.29) is 11.9 Å². The normalized spacial score (nSPS) is 15.3. The third-order valence-corrected chi connectivity index (χ3v) is 5.46. The van der Waals surface area contributed by atoms with E-state index in [9.17, 15) is 4.79 Å². The number of furan rings is 1. The molecule has 29 heavy (non-hydrogen) atoms. The Morgan fingerprint density at radius 3 is 2.69 bits per heavy atom. The molecule has 6 heteroatoms. The minimum Gasteiger partial charge on any atom is -0.493 e. The van der Waals surface area contributed by atoms with Crippen LogP contribution in [-0.2, 0) is 6.54 Å². The molecule has 1 amide bonds. The van der Waals surface area contributed by atoms with E-state index in [0.717, 1.165) is 44.5 Å². The first kappa shape index (κ1) is 21.2. The lowest BCUT2D eigenvalue weighted by atomic mass is 10.0. The Kier molecular flexibility index (Phi) is 7.58. The number of carbonyl (C=O) groups is 1. The summed E-state index contributed by atoms with van der Waals surface area (Å²) >= 11 is 0. The second-order valence-electron chi connectivity index (χ2n) is 7.61. The number of carbonyl (C=O) groups excluding carboxylic acids is 1. The lowest BCUT2D eigenvalue weighted by molar-refractivity contribution is 0.0550. The molecular formula is C23H32N2O4. The third kappa shape index (κ3) is 5.54. The highest BCUT2D eigenvalue weighted by atomic mass is 16.5. The van der Waals surface area contributed by atoms with Gasteiger partial charge >= 0.3 is 0 Å². The lowest BCUT2D eigenvalue weighted by Crippen LogP contribution is -2.46. The molecular weight excluding hydrogens is 368 g/mol. The summed E-state index contributed by atoms with van der Waals surface area (Å²) < 4.78 is 16.8. The van der Waals surface area contributed by atoms with Gasteiger partial charge in [-0.3, -0.25) is 4.79 Å². The van der Waals surface area contributed by atoms with Crippen molar-refractivity contribution in [3.05, 3.63) is 47.9 Å². The fourth-order valence-corrected chi connectivity index (χ4v) is 3.66. The number of unbranched alkanes of at least 4 members (excludes halogenated alkanes) is 1. The number of hydrogen-bond donors (Lipinski definition) is 0. The second-order valence-corrected chi connectivity index (χ2v) is 7.61. The Labute approximate surface area is 173 Å². The predicted molar refractivity (Wildman–Crippen MR) is 112 cm³/mol. The summed E-state index contributed by atoms with van der Waals surface area (Å²) in [5.74, 6) is 2.06. The van der Waals surface area contributed by atoms with Gasteiger partial charge in [0.05, 0.1) is 26.5 Å². The van der Waals surface area contributed by atoms with Gasteiger partial charge in [-0.2, -0.15) is 0 Å². The van der Waals surface area contributed by atoms with E-state index in [0.29, 0.717) is 30.2 Å². The summed E-state index contributed by atoms with van der Waals surface area (Å²) in [7, 11) is 3.73. The molecule has 0 spiro atoms. The molecule has 6 nitrogen and oxygen atoms in total. The van der Waals surface area contributed by atoms with E-state index >= 15 is 0 Å². The van der Waals surface area contributed by atoms with Crippen LogP contribution in [-0.4, -0.2) is 55.6 Å². The van der Waals surface area contributed by atoms with Crippen LogP contribution in [0.5, 0.6) is 11.5 Å². The molecule has 2 heterocycles. The summed E-state index contributed by atoms with van der Waals surface area (Å²) in [6.45, 7) is 5.21. The summed E-state index contributed by atoms with van der Waals surface area (Å²) in [5.41, 5.74) is 0.607. The molecule has 3 rings (SSSR count). The molecule has 0 radical (unpaired) electrons. The van der Waals surface area contributed by atoms with Crippen molar-refractivity contribution in [2.75, 3.05) is 33.9 Å². The molecule has 1 aliphatic heterocycles. The second kappa shape index (κ2) is 10.3. The average Bonchev–Trinajstić information content (AvgIpc) is 3.26. The molecule has 158 valence electrons. The van der Waals surface area contributed by atoms with Crippen LogP contribution in [0.15, 0.2) is 41.0 Å². The number of amides is 1. The van der Waals surface area contributed by atoms with Crippen LogP contribution in [0.4, 0.5) is 0 Å². The summed E-state index contributed by atoms with van der Waals surface area (Å²) in [6.07, 6.45) is 5.61. The molecule has 1 aliphatic rings. The van der Waals surface area contributed by atoms with Gasteiger partial charge in [-0.25, -0.2) is 0 Å². The number of piperidine rings is 1. The standard InChI is InChI=1S/C23H32N2O4/c1-4-5-14-29-21-9-8-18(16-22(21)27-3)23(26)25(17-20-7-6-15-28-20)19-10-12-24(2)13-11-19/h6-9,15-16,19H,4-5,10-14,17H2,1-3H3. The smallest absolute Gasteiger partial charge is 0.254 e. The van der Waals surface area contributed by atoms with Crippen molar-refractivity contribution in [3.8, 4) is 11.5 Å². The van der Waals surface area contributed by atoms with Crippen LogP contribution >= 0.6 is 0 Å². The van der Waals surface area contributed by atoms with Crippen molar-refractivity contribution < 1.29 is 18.7 Å². The van der Waals surface area contributed by atoms with Crippen molar-refractivity contribution in [1.82, 2.24) is 9.80 Å². The largest absolute Gasteiger partial charge is 0.493 e. The van der Waals surface area contributed by atoms with Crippen LogP contribution in [0, 0.1) is 0 Å². The zero-order valence-electron chi connectivity index (χ0n) is 17.7. The van der Waals surface area contributed by atoms with Crippen LogP contribution in [0.3, 0.4) is 0 Å². The summed E-state index contributed by atoms with van der Waals surface area (Å²) in [4.78, 5) is 17.7. The number of hydrogen-bond acceptors (Lipinski definition) is 5. The molecule has 1 aromatic carbocycles. The van der Waals surface area contributed by atoms with E-state index in [4.69, 9.17) is 13.9 Å². The number of rotatable bonds is 9. The zero-order chi connectivity index (χ0) is 20.6. The maximum Gasteiger partial charge on any atom is 0.254 e. The van der Waals surface area contributed by atoms with Gasteiger partial charge < -0.3 is 23.7 Å². The summed E-state index contributed by atoms with van der Waals surface area (Å²) in [6, 6.07) is 9.42. The monoisotopic (exact) mass is 400 g/mol. The van der Waals surface area contributed by atoms with E-state index in [1.54, 1.807) is 19.4 Å². The van der Waals surface area contributed by atoms with Gasteiger partial charge in [-0.15, -0.1) is 0 Å². The predicted octanol–water partition coefficient (Wildman–Crippen LogP) is 4.20. The van der Waals surface area contributed by atoms with Crippen molar-refractivity contribution in [2.24, 2.45) is 0 Å². The van der Waals surface area contributed by atoms with Crippen molar-refractivity contribution in [2.45, 2.75) is 45.2 Å². The molecule has 1 aromatic heterocycles. The average molecular weight is 401 g/mol. The lowest BCUT2D eigenvalue weighted by Gasteiger charge is -2.37. The molecule has 0 bridgehead atoms. The molecule has 2 aromatic rings. The Hall–Kier alpha value is -2.47. The molecule has 0 unspecified atom stereocenters. The molecule has 0 N–H and O–H groups in total. The summed E-state index contributed by atoms with van der Waals surface area (Å²) in [5, 5.41) is 0. The fourth-order valence-electron chi connectivity index (χ4n) is 3.66. The van der Waals surface area contributed by atoms with Crippen LogP contribution in [0.2, 0.25) is 0 Å². The first-order chi connectivity index (χ1) is 14.1. The highest BCUT2D eigenvalue weighted by Crippen LogP contribution is 2.30.